The van der Waals surface area contributed by atoms with E-state index in [1.54, 1.807) is 21.0 Å². The van der Waals surface area contributed by atoms with E-state index in [-0.39, 0.29) is 62.5 Å². The van der Waals surface area contributed by atoms with Crippen LogP contribution in [0.25, 0.3) is 5.73 Å². The quantitative estimate of drug-likeness (QED) is 0.141. The summed E-state index contributed by atoms with van der Waals surface area (Å²) < 4.78 is 0. The Morgan fingerprint density at radius 3 is 1.70 bits per heavy atom. The van der Waals surface area contributed by atoms with Crippen molar-refractivity contribution < 1.29 is 47.1 Å². The van der Waals surface area contributed by atoms with Gasteiger partial charge in [-0.3, -0.25) is 14.4 Å². The average Bonchev–Trinajstić information content (AvgIpc) is 2.79. The maximum Gasteiger partial charge on any atom is 0.236 e. The van der Waals surface area contributed by atoms with Gasteiger partial charge < -0.3 is 43.8 Å². The summed E-state index contributed by atoms with van der Waals surface area (Å²) >= 11 is 0. The SMILES string of the molecule is CCCCNCCCC(NCCCN)C(=O)NC.CNC(=O)C(C)N.CNC(=O)C(C)[NH-].[Y]. The van der Waals surface area contributed by atoms with E-state index >= 15 is 0 Å². The van der Waals surface area contributed by atoms with Crippen molar-refractivity contribution in [3.63, 3.8) is 0 Å². The zero-order valence-corrected chi connectivity index (χ0v) is 24.4. The first-order valence-corrected chi connectivity index (χ1v) is 11.4. The van der Waals surface area contributed by atoms with Gasteiger partial charge in [0.1, 0.15) is 0 Å². The van der Waals surface area contributed by atoms with Crippen molar-refractivity contribution in [2.24, 2.45) is 11.5 Å². The van der Waals surface area contributed by atoms with Crippen molar-refractivity contribution in [2.45, 2.75) is 71.0 Å². The van der Waals surface area contributed by atoms with Crippen molar-refractivity contribution in [1.82, 2.24) is 26.6 Å². The predicted octanol–water partition coefficient (Wildman–Crippen LogP) is -0.540. The van der Waals surface area contributed by atoms with E-state index in [9.17, 15) is 14.4 Å². The summed E-state index contributed by atoms with van der Waals surface area (Å²) in [5.74, 6) is -0.291. The molecular formula is C21H49N8O3Y-. The topological polar surface area (TPSA) is 187 Å². The summed E-state index contributed by atoms with van der Waals surface area (Å²) in [6, 6.07) is -1.11. The van der Waals surface area contributed by atoms with E-state index < -0.39 is 6.04 Å². The Balaban J connectivity index is -0.000000231. The molecule has 33 heavy (non-hydrogen) atoms. The Kier molecular flexibility index (Phi) is 35.1. The Bertz CT molecular complexity index is 449. The van der Waals surface area contributed by atoms with Gasteiger partial charge in [0.15, 0.2) is 0 Å². The van der Waals surface area contributed by atoms with Crippen LogP contribution >= 0.6 is 0 Å². The number of carbonyl (C=O) groups excluding carboxylic acids is 3. The number of hydrogen-bond acceptors (Lipinski definition) is 7. The van der Waals surface area contributed by atoms with E-state index in [0.29, 0.717) is 6.54 Å². The number of hydrogen-bond donors (Lipinski definition) is 7. The number of carbonyl (C=O) groups is 3. The first kappa shape index (κ1) is 39.5. The number of nitrogens with two attached hydrogens (primary N) is 2. The molecule has 195 valence electrons. The molecule has 0 aliphatic heterocycles. The molecule has 0 aromatic rings. The number of nitrogens with one attached hydrogen (secondary N) is 6. The molecule has 0 aliphatic rings. The van der Waals surface area contributed by atoms with Gasteiger partial charge in [0.2, 0.25) is 17.7 Å². The zero-order chi connectivity index (χ0) is 25.4. The van der Waals surface area contributed by atoms with Crippen LogP contribution in [0.4, 0.5) is 0 Å². The molecule has 0 fully saturated rings. The zero-order valence-electron chi connectivity index (χ0n) is 21.6. The molecule has 3 atom stereocenters. The average molecular weight is 551 g/mol. The van der Waals surface area contributed by atoms with Crippen molar-refractivity contribution in [3.05, 3.63) is 5.73 Å². The fourth-order valence-corrected chi connectivity index (χ4v) is 2.18. The van der Waals surface area contributed by atoms with Crippen molar-refractivity contribution in [1.29, 1.82) is 0 Å². The van der Waals surface area contributed by atoms with E-state index in [1.807, 2.05) is 0 Å². The Morgan fingerprint density at radius 1 is 0.848 bits per heavy atom. The molecule has 12 heteroatoms. The van der Waals surface area contributed by atoms with Crippen LogP contribution in [0.15, 0.2) is 0 Å². The van der Waals surface area contributed by atoms with Crippen molar-refractivity contribution >= 4 is 17.7 Å². The maximum absolute atomic E-state index is 11.6. The first-order valence-electron chi connectivity index (χ1n) is 11.4. The summed E-state index contributed by atoms with van der Waals surface area (Å²) in [5, 5.41) is 14.1. The monoisotopic (exact) mass is 550 g/mol. The molecule has 0 saturated heterocycles. The molecule has 3 unspecified atom stereocenters. The van der Waals surface area contributed by atoms with Crippen LogP contribution in [0, 0.1) is 0 Å². The summed E-state index contributed by atoms with van der Waals surface area (Å²) in [4.78, 5) is 32.1. The minimum absolute atomic E-state index is 0. The maximum atomic E-state index is 11.6. The van der Waals surface area contributed by atoms with Crippen LogP contribution < -0.4 is 38.1 Å². The van der Waals surface area contributed by atoms with Gasteiger partial charge >= 0.3 is 0 Å². The summed E-state index contributed by atoms with van der Waals surface area (Å²) in [5.41, 5.74) is 17.3. The fraction of sp³-hybridized carbons (Fsp3) is 0.857. The second-order valence-corrected chi connectivity index (χ2v) is 7.25. The molecular weight excluding hydrogens is 501 g/mol. The Labute approximate surface area is 226 Å². The van der Waals surface area contributed by atoms with Crippen LogP contribution in [0.3, 0.4) is 0 Å². The van der Waals surface area contributed by atoms with E-state index in [0.717, 1.165) is 38.9 Å². The molecule has 0 rings (SSSR count). The van der Waals surface area contributed by atoms with Gasteiger partial charge in [0.05, 0.1) is 12.1 Å². The summed E-state index contributed by atoms with van der Waals surface area (Å²) in [6.07, 6.45) is 5.21. The summed E-state index contributed by atoms with van der Waals surface area (Å²) in [7, 11) is 4.76. The van der Waals surface area contributed by atoms with Crippen molar-refractivity contribution in [2.75, 3.05) is 47.3 Å². The minimum Gasteiger partial charge on any atom is -0.667 e. The molecule has 0 aromatic heterocycles. The normalized spacial score (nSPS) is 12.3. The largest absolute Gasteiger partial charge is 0.667 e. The molecule has 0 heterocycles. The van der Waals surface area contributed by atoms with Gasteiger partial charge in [-0.15, -0.1) is 0 Å². The number of rotatable bonds is 14. The second kappa shape index (κ2) is 29.3. The standard InChI is InChI=1S/C13H30N4O.C4H10N2O.C4H9N2O.Y/c1-3-4-9-16-10-5-7-12(13(18)15-2)17-11-6-8-14;2*1-3(5)4(7)6-2;/h12,16-17H,3-11,14H2,1-2H3,(H,15,18);3H,5H2,1-2H3,(H,6,7);3,5H,1-2H3,(H,6,7);/q;;-1;. The van der Waals surface area contributed by atoms with E-state index in [4.69, 9.17) is 17.2 Å². The number of unbranched alkanes of at least 4 members (excludes halogenated alkanes) is 1. The van der Waals surface area contributed by atoms with Gasteiger partial charge in [-0.2, -0.15) is 0 Å². The van der Waals surface area contributed by atoms with Crippen LogP contribution in [-0.2, 0) is 47.1 Å². The smallest absolute Gasteiger partial charge is 0.236 e. The van der Waals surface area contributed by atoms with Gasteiger partial charge in [0.25, 0.3) is 0 Å². The Hall–Kier alpha value is -0.686. The molecule has 10 N–H and O–H groups in total. The van der Waals surface area contributed by atoms with Gasteiger partial charge in [0, 0.05) is 53.9 Å². The molecule has 0 spiro atoms. The molecule has 3 amide bonds. The number of amides is 3. The molecule has 1 radical (unpaired) electrons. The molecule has 0 saturated carbocycles. The molecule has 11 nitrogen and oxygen atoms in total. The third kappa shape index (κ3) is 29.3. The predicted molar refractivity (Wildman–Crippen MR) is 132 cm³/mol. The Morgan fingerprint density at radius 2 is 1.36 bits per heavy atom. The van der Waals surface area contributed by atoms with Crippen LogP contribution in [0.2, 0.25) is 0 Å². The van der Waals surface area contributed by atoms with Gasteiger partial charge in [-0.1, -0.05) is 26.3 Å². The molecule has 0 aliphatic carbocycles. The third-order valence-electron chi connectivity index (χ3n) is 4.19. The first-order chi connectivity index (χ1) is 15.1. The van der Waals surface area contributed by atoms with E-state index in [2.05, 4.69) is 33.5 Å². The van der Waals surface area contributed by atoms with Gasteiger partial charge in [-0.25, -0.2) is 0 Å². The number of likely N-dealkylation sites (N-methyl/N-ethyl adjacent to an activating group) is 3. The van der Waals surface area contributed by atoms with Crippen LogP contribution in [-0.4, -0.2) is 83.2 Å². The second-order valence-electron chi connectivity index (χ2n) is 7.25. The third-order valence-corrected chi connectivity index (χ3v) is 4.19. The van der Waals surface area contributed by atoms with Crippen molar-refractivity contribution in [3.8, 4) is 0 Å². The van der Waals surface area contributed by atoms with E-state index in [1.165, 1.54) is 26.8 Å². The van der Waals surface area contributed by atoms with Gasteiger partial charge in [-0.05, 0) is 58.8 Å². The fourth-order valence-electron chi connectivity index (χ4n) is 2.18. The molecule has 0 bridgehead atoms. The summed E-state index contributed by atoms with van der Waals surface area (Å²) in [6.45, 7) is 8.86. The molecule has 0 aromatic carbocycles. The van der Waals surface area contributed by atoms with Crippen LogP contribution in [0.1, 0.15) is 52.9 Å². The minimum atomic E-state index is -0.634. The van der Waals surface area contributed by atoms with Crippen LogP contribution in [0.5, 0.6) is 0 Å².